The number of benzene rings is 1. The van der Waals surface area contributed by atoms with Crippen molar-refractivity contribution < 1.29 is 14.2 Å². The number of rotatable bonds is 0. The second kappa shape index (κ2) is 2.68. The van der Waals surface area contributed by atoms with Crippen molar-refractivity contribution in [2.24, 2.45) is 0 Å². The molecule has 6 unspecified atom stereocenters. The second-order valence-corrected chi connectivity index (χ2v) is 6.71. The van der Waals surface area contributed by atoms with Crippen molar-refractivity contribution in [2.45, 2.75) is 35.6 Å². The zero-order valence-corrected chi connectivity index (χ0v) is 11.2. The number of ether oxygens (including phenoxy) is 3. The van der Waals surface area contributed by atoms with Gasteiger partial charge in [-0.3, -0.25) is 0 Å². The summed E-state index contributed by atoms with van der Waals surface area (Å²) in [7, 11) is 0. The first-order chi connectivity index (χ1) is 10.4. The molecule has 1 aromatic rings. The highest BCUT2D eigenvalue weighted by molar-refractivity contribution is 5.89. The number of epoxide rings is 3. The Hall–Kier alpha value is -1.68. The van der Waals surface area contributed by atoms with Crippen LogP contribution in [0, 0.1) is 0 Å². The maximum absolute atomic E-state index is 6.48. The third-order valence-electron chi connectivity index (χ3n) is 5.90. The molecule has 102 valence electrons. The highest BCUT2D eigenvalue weighted by Crippen LogP contribution is 2.72. The Bertz CT molecular complexity index is 926. The third-order valence-corrected chi connectivity index (χ3v) is 5.90. The molecule has 7 rings (SSSR count). The van der Waals surface area contributed by atoms with Gasteiger partial charge in [-0.2, -0.15) is 0 Å². The first kappa shape index (κ1) is 10.1. The van der Waals surface area contributed by atoms with Crippen molar-refractivity contribution in [3.8, 4) is 0 Å². The van der Waals surface area contributed by atoms with Crippen LogP contribution in [0.5, 0.6) is 0 Å². The largest absolute Gasteiger partial charge is 0.363 e. The van der Waals surface area contributed by atoms with E-state index in [-0.39, 0.29) is 35.6 Å². The molecule has 3 nitrogen and oxygen atoms in total. The van der Waals surface area contributed by atoms with Crippen LogP contribution in [-0.2, 0) is 14.2 Å². The van der Waals surface area contributed by atoms with Gasteiger partial charge in [0.05, 0.1) is 0 Å². The number of hydrogen-bond acceptors (Lipinski definition) is 3. The molecular formula is C18H12O3. The Labute approximate surface area is 120 Å². The molecule has 6 aliphatic rings. The molecule has 3 saturated heterocycles. The van der Waals surface area contributed by atoms with Crippen LogP contribution >= 0.6 is 0 Å². The summed E-state index contributed by atoms with van der Waals surface area (Å²) in [5.74, 6) is 0. The van der Waals surface area contributed by atoms with Crippen LogP contribution in [-0.4, -0.2) is 35.6 Å². The second-order valence-electron chi connectivity index (χ2n) is 6.71. The van der Waals surface area contributed by atoms with Crippen molar-refractivity contribution in [3.05, 3.63) is 59.0 Å². The summed E-state index contributed by atoms with van der Waals surface area (Å²) < 4.78 is 18.4. The molecule has 1 saturated carbocycles. The summed E-state index contributed by atoms with van der Waals surface area (Å²) >= 11 is 0. The Morgan fingerprint density at radius 1 is 0.952 bits per heavy atom. The first-order valence-electron chi connectivity index (χ1n) is 7.58. The fourth-order valence-electron chi connectivity index (χ4n) is 4.99. The van der Waals surface area contributed by atoms with E-state index in [9.17, 15) is 0 Å². The summed E-state index contributed by atoms with van der Waals surface area (Å²) in [4.78, 5) is 0. The number of fused-ring (bicyclic) bond motifs is 5. The molecule has 0 N–H and O–H groups in total. The van der Waals surface area contributed by atoms with Gasteiger partial charge in [-0.15, -0.1) is 0 Å². The summed E-state index contributed by atoms with van der Waals surface area (Å²) in [6.45, 7) is 0. The third kappa shape index (κ3) is 0.838. The Balaban J connectivity index is 1.73. The topological polar surface area (TPSA) is 37.6 Å². The van der Waals surface area contributed by atoms with E-state index < -0.39 is 0 Å². The van der Waals surface area contributed by atoms with Crippen LogP contribution in [0.15, 0.2) is 48.6 Å². The van der Waals surface area contributed by atoms with Crippen LogP contribution in [0.25, 0.3) is 11.1 Å². The highest BCUT2D eigenvalue weighted by atomic mass is 16.7. The van der Waals surface area contributed by atoms with E-state index >= 15 is 0 Å². The molecule has 4 fully saturated rings. The monoisotopic (exact) mass is 276 g/mol. The maximum Gasteiger partial charge on any atom is 0.160 e. The lowest BCUT2D eigenvalue weighted by molar-refractivity contribution is 0.255. The quantitative estimate of drug-likeness (QED) is 0.635. The van der Waals surface area contributed by atoms with Gasteiger partial charge >= 0.3 is 0 Å². The minimum atomic E-state index is -0.318. The predicted molar refractivity (Wildman–Crippen MR) is 74.7 cm³/mol. The first-order valence-corrected chi connectivity index (χ1v) is 7.58. The molecule has 0 amide bonds. The van der Waals surface area contributed by atoms with E-state index in [1.54, 1.807) is 0 Å². The van der Waals surface area contributed by atoms with E-state index in [0.29, 0.717) is 0 Å². The van der Waals surface area contributed by atoms with Gasteiger partial charge in [0.1, 0.15) is 30.0 Å². The Kier molecular flexibility index (Phi) is 1.29. The van der Waals surface area contributed by atoms with Gasteiger partial charge in [0.2, 0.25) is 0 Å². The number of allylic oxidation sites excluding steroid dienone is 2. The average molecular weight is 276 g/mol. The molecule has 3 aliphatic carbocycles. The normalized spacial score (nSPS) is 52.0. The lowest BCUT2D eigenvalue weighted by Gasteiger charge is -2.27. The Morgan fingerprint density at radius 2 is 1.86 bits per heavy atom. The van der Waals surface area contributed by atoms with Gasteiger partial charge < -0.3 is 14.2 Å². The number of hydrogen-bond donors (Lipinski definition) is 0. The summed E-state index contributed by atoms with van der Waals surface area (Å²) in [6.07, 6.45) is 9.45. The molecular weight excluding hydrogens is 264 g/mol. The SMILES string of the molecule is C1=CC2=c3ccccc3=C3C4OC4C4OC4C34OC24C=C1. The van der Waals surface area contributed by atoms with Crippen LogP contribution in [0.1, 0.15) is 0 Å². The molecule has 3 heteroatoms. The standard InChI is InChI=1S/C18H12O3/c1-2-6-10-9(5-1)11-7-3-4-8-17(11)18(21-17)12(10)13-14(19-13)15-16(18)20-15/h1-8,13-16H. The average Bonchev–Trinajstić information content (AvgIpc) is 3.38. The van der Waals surface area contributed by atoms with Gasteiger partial charge in [0, 0.05) is 5.57 Å². The summed E-state index contributed by atoms with van der Waals surface area (Å²) in [6, 6.07) is 8.62. The summed E-state index contributed by atoms with van der Waals surface area (Å²) in [5.41, 5.74) is 1.98. The molecule has 0 radical (unpaired) electrons. The van der Waals surface area contributed by atoms with Crippen molar-refractivity contribution in [2.75, 3.05) is 0 Å². The molecule has 2 spiro atoms. The lowest BCUT2D eigenvalue weighted by atomic mass is 9.68. The zero-order chi connectivity index (χ0) is 13.4. The van der Waals surface area contributed by atoms with Crippen LogP contribution in [0.2, 0.25) is 0 Å². The van der Waals surface area contributed by atoms with E-state index in [2.05, 4.69) is 48.6 Å². The Morgan fingerprint density at radius 3 is 2.81 bits per heavy atom. The predicted octanol–water partition coefficient (Wildman–Crippen LogP) is 0.184. The van der Waals surface area contributed by atoms with Crippen molar-refractivity contribution in [1.82, 2.24) is 0 Å². The lowest BCUT2D eigenvalue weighted by Crippen LogP contribution is -2.50. The van der Waals surface area contributed by atoms with Crippen LogP contribution in [0.4, 0.5) is 0 Å². The fourth-order valence-corrected chi connectivity index (χ4v) is 4.99. The molecule has 1 aromatic carbocycles. The minimum absolute atomic E-state index is 0.163. The van der Waals surface area contributed by atoms with Gasteiger partial charge in [-0.1, -0.05) is 42.5 Å². The fraction of sp³-hybridized carbons (Fsp3) is 0.333. The molecule has 0 aromatic heterocycles. The molecule has 6 atom stereocenters. The van der Waals surface area contributed by atoms with Crippen LogP contribution in [0.3, 0.4) is 0 Å². The van der Waals surface area contributed by atoms with Crippen molar-refractivity contribution in [3.63, 3.8) is 0 Å². The van der Waals surface area contributed by atoms with Crippen molar-refractivity contribution in [1.29, 1.82) is 0 Å². The van der Waals surface area contributed by atoms with Gasteiger partial charge in [0.15, 0.2) is 5.60 Å². The molecule has 3 heterocycles. The minimum Gasteiger partial charge on any atom is -0.363 e. The van der Waals surface area contributed by atoms with E-state index in [1.807, 2.05) is 0 Å². The van der Waals surface area contributed by atoms with Crippen molar-refractivity contribution >= 4 is 11.1 Å². The van der Waals surface area contributed by atoms with Gasteiger partial charge in [-0.25, -0.2) is 0 Å². The van der Waals surface area contributed by atoms with Crippen LogP contribution < -0.4 is 10.4 Å². The smallest absolute Gasteiger partial charge is 0.160 e. The summed E-state index contributed by atoms with van der Waals surface area (Å²) in [5, 5.41) is 2.58. The van der Waals surface area contributed by atoms with E-state index in [1.165, 1.54) is 21.6 Å². The molecule has 0 bridgehead atoms. The zero-order valence-electron chi connectivity index (χ0n) is 11.2. The molecule has 3 aliphatic heterocycles. The van der Waals surface area contributed by atoms with E-state index in [0.717, 1.165) is 0 Å². The van der Waals surface area contributed by atoms with Gasteiger partial charge in [-0.05, 0) is 22.1 Å². The maximum atomic E-state index is 6.48. The van der Waals surface area contributed by atoms with E-state index in [4.69, 9.17) is 14.2 Å². The molecule has 21 heavy (non-hydrogen) atoms. The van der Waals surface area contributed by atoms with Gasteiger partial charge in [0.25, 0.3) is 0 Å². The highest BCUT2D eigenvalue weighted by Gasteiger charge is 2.88.